The second kappa shape index (κ2) is 19.3. The van der Waals surface area contributed by atoms with E-state index < -0.39 is 58.7 Å². The van der Waals surface area contributed by atoms with E-state index in [-0.39, 0.29) is 80.4 Å². The molecule has 1 saturated carbocycles. The lowest BCUT2D eigenvalue weighted by Crippen LogP contribution is -2.48. The zero-order valence-corrected chi connectivity index (χ0v) is 36.3. The number of benzene rings is 2. The number of amides is 1. The van der Waals surface area contributed by atoms with Crippen LogP contribution < -0.4 is 33.5 Å². The molecule has 1 aliphatic carbocycles. The third-order valence-electron chi connectivity index (χ3n) is 11.0. The Morgan fingerprint density at radius 2 is 1.50 bits per heavy atom. The van der Waals surface area contributed by atoms with Gasteiger partial charge < -0.3 is 38.1 Å². The number of aromatic nitrogens is 2. The van der Waals surface area contributed by atoms with Gasteiger partial charge in [-0.2, -0.15) is 22.5 Å². The zero-order chi connectivity index (χ0) is 45.8. The Kier molecular flexibility index (Phi) is 14.0. The van der Waals surface area contributed by atoms with Gasteiger partial charge in [0, 0.05) is 80.1 Å². The van der Waals surface area contributed by atoms with Gasteiger partial charge in [-0.15, -0.1) is 0 Å². The van der Waals surface area contributed by atoms with Crippen LogP contribution >= 0.6 is 0 Å². The molecule has 1 unspecified atom stereocenters. The van der Waals surface area contributed by atoms with Crippen LogP contribution in [0.5, 0.6) is 28.9 Å². The van der Waals surface area contributed by atoms with Crippen molar-refractivity contribution in [3.63, 3.8) is 0 Å². The molecule has 346 valence electrons. The predicted molar refractivity (Wildman–Crippen MR) is 221 cm³/mol. The first kappa shape index (κ1) is 46.5. The SMILES string of the molecule is COc1ccc(CN(Cc2ccc(OC)cc2OC)S(=O)(=O)c2cc(N(C(=O)c3cc(C4CC4)c(OCC(F)(F)F)nc3N3CCC(F)(F)CC3)C3COCCO3)ccn2)c(OC)c1. The Labute approximate surface area is 367 Å². The molecule has 0 radical (unpaired) electrons. The molecule has 3 fully saturated rings. The van der Waals surface area contributed by atoms with Gasteiger partial charge in [0.15, 0.2) is 17.9 Å². The van der Waals surface area contributed by atoms with Crippen LogP contribution in [-0.4, -0.2) is 115 Å². The number of pyridine rings is 2. The van der Waals surface area contributed by atoms with Gasteiger partial charge in [-0.25, -0.2) is 22.2 Å². The summed E-state index contributed by atoms with van der Waals surface area (Å²) in [6.45, 7) is -2.56. The summed E-state index contributed by atoms with van der Waals surface area (Å²) in [5.41, 5.74) is 1.06. The van der Waals surface area contributed by atoms with E-state index in [0.717, 1.165) is 9.21 Å². The Bertz CT molecular complexity index is 2350. The number of methoxy groups -OCH3 is 4. The van der Waals surface area contributed by atoms with Crippen LogP contribution in [0.1, 0.15) is 58.6 Å². The summed E-state index contributed by atoms with van der Waals surface area (Å²) in [5.74, 6) is -2.97. The number of rotatable bonds is 17. The molecule has 7 rings (SSSR count). The number of hydrogen-bond acceptors (Lipinski definition) is 13. The van der Waals surface area contributed by atoms with Gasteiger partial charge in [-0.3, -0.25) is 9.69 Å². The highest BCUT2D eigenvalue weighted by molar-refractivity contribution is 7.89. The van der Waals surface area contributed by atoms with Gasteiger partial charge in [-0.05, 0) is 43.0 Å². The molecule has 15 nitrogen and oxygen atoms in total. The molecule has 4 heterocycles. The van der Waals surface area contributed by atoms with Crippen LogP contribution in [-0.2, 0) is 32.6 Å². The van der Waals surface area contributed by atoms with Crippen molar-refractivity contribution in [1.29, 1.82) is 0 Å². The number of carbonyl (C=O) groups excluding carboxylic acids is 1. The maximum absolute atomic E-state index is 15.2. The molecule has 1 atom stereocenters. The van der Waals surface area contributed by atoms with Gasteiger partial charge in [0.05, 0.1) is 59.5 Å². The van der Waals surface area contributed by atoms with E-state index in [0.29, 0.717) is 47.0 Å². The summed E-state index contributed by atoms with van der Waals surface area (Å²) in [4.78, 5) is 26.5. The van der Waals surface area contributed by atoms with Crippen molar-refractivity contribution in [2.24, 2.45) is 0 Å². The quantitative estimate of drug-likeness (QED) is 0.100. The van der Waals surface area contributed by atoms with Crippen LogP contribution in [0.4, 0.5) is 33.5 Å². The Morgan fingerprint density at radius 1 is 0.875 bits per heavy atom. The molecule has 21 heteroatoms. The van der Waals surface area contributed by atoms with Crippen molar-refractivity contribution in [1.82, 2.24) is 14.3 Å². The fourth-order valence-corrected chi connectivity index (χ4v) is 8.81. The summed E-state index contributed by atoms with van der Waals surface area (Å²) >= 11 is 0. The first-order valence-electron chi connectivity index (χ1n) is 20.3. The molecule has 0 bridgehead atoms. The molecule has 4 aromatic rings. The fourth-order valence-electron chi connectivity index (χ4n) is 7.46. The van der Waals surface area contributed by atoms with Gasteiger partial charge in [0.2, 0.25) is 5.88 Å². The van der Waals surface area contributed by atoms with Crippen LogP contribution in [0.2, 0.25) is 0 Å². The topological polar surface area (TPSA) is 151 Å². The number of ether oxygens (including phenoxy) is 7. The number of piperidine rings is 1. The number of sulfonamides is 1. The average molecular weight is 922 g/mol. The standard InChI is InChI=1S/C43H48F5N5O10S/c1-57-31-9-7-28(35(20-31)59-3)23-52(24-29-8-10-32(58-2)21-36(29)60-4)64(55,56)37-19-30(11-14-49-37)53(38-25-61-17-18-62-38)41(54)34-22-33(27-5-6-27)40(63-26-43(46,47)48)50-39(34)51-15-12-42(44,45)13-16-51/h7-11,14,19-22,27,38H,5-6,12-13,15-18,23-26H2,1-4H3. The number of hydrogen-bond donors (Lipinski definition) is 0. The molecular weight excluding hydrogens is 874 g/mol. The number of nitrogens with zero attached hydrogens (tertiary/aromatic N) is 5. The van der Waals surface area contributed by atoms with E-state index >= 15 is 4.79 Å². The van der Waals surface area contributed by atoms with Crippen molar-refractivity contribution >= 4 is 27.4 Å². The van der Waals surface area contributed by atoms with E-state index in [1.54, 1.807) is 36.4 Å². The first-order valence-corrected chi connectivity index (χ1v) is 21.8. The number of halogens is 5. The van der Waals surface area contributed by atoms with E-state index in [2.05, 4.69) is 9.97 Å². The van der Waals surface area contributed by atoms with Crippen LogP contribution in [0.25, 0.3) is 0 Å². The molecule has 2 aromatic carbocycles. The predicted octanol–water partition coefficient (Wildman–Crippen LogP) is 6.98. The van der Waals surface area contributed by atoms with E-state index in [4.69, 9.17) is 33.2 Å². The van der Waals surface area contributed by atoms with Gasteiger partial charge >= 0.3 is 6.18 Å². The maximum Gasteiger partial charge on any atom is 0.422 e. The van der Waals surface area contributed by atoms with Gasteiger partial charge in [-0.1, -0.05) is 12.1 Å². The monoisotopic (exact) mass is 921 g/mol. The minimum absolute atomic E-state index is 0.000390. The highest BCUT2D eigenvalue weighted by Crippen LogP contribution is 2.46. The molecule has 2 saturated heterocycles. The molecule has 2 aromatic heterocycles. The summed E-state index contributed by atoms with van der Waals surface area (Å²) in [5, 5.41) is -0.467. The number of anilines is 2. The molecule has 1 amide bonds. The lowest BCUT2D eigenvalue weighted by atomic mass is 10.0. The zero-order valence-electron chi connectivity index (χ0n) is 35.5. The third kappa shape index (κ3) is 10.7. The first-order chi connectivity index (χ1) is 30.5. The van der Waals surface area contributed by atoms with E-state index in [1.807, 2.05) is 0 Å². The molecule has 0 spiro atoms. The second-order valence-corrected chi connectivity index (χ2v) is 17.2. The molecule has 2 aliphatic heterocycles. The minimum atomic E-state index is -4.71. The number of alkyl halides is 5. The normalized spacial score (nSPS) is 17.8. The van der Waals surface area contributed by atoms with Crippen molar-refractivity contribution in [2.45, 2.75) is 68.0 Å². The van der Waals surface area contributed by atoms with Crippen molar-refractivity contribution < 1.29 is 68.3 Å². The summed E-state index contributed by atoms with van der Waals surface area (Å²) in [7, 11) is 1.26. The van der Waals surface area contributed by atoms with Crippen molar-refractivity contribution in [3.05, 3.63) is 83.0 Å². The van der Waals surface area contributed by atoms with E-state index in [1.165, 1.54) is 57.7 Å². The highest BCUT2D eigenvalue weighted by atomic mass is 32.2. The molecular formula is C43H48F5N5O10S. The molecule has 64 heavy (non-hydrogen) atoms. The lowest BCUT2D eigenvalue weighted by molar-refractivity contribution is -0.154. The molecule has 3 aliphatic rings. The Morgan fingerprint density at radius 3 is 2.03 bits per heavy atom. The van der Waals surface area contributed by atoms with Crippen LogP contribution in [0, 0.1) is 0 Å². The smallest absolute Gasteiger partial charge is 0.422 e. The number of carbonyl (C=O) groups is 1. The van der Waals surface area contributed by atoms with E-state index in [9.17, 15) is 30.4 Å². The molecule has 0 N–H and O–H groups in total. The van der Waals surface area contributed by atoms with Gasteiger partial charge in [0.1, 0.15) is 28.8 Å². The van der Waals surface area contributed by atoms with Crippen molar-refractivity contribution in [2.75, 3.05) is 77.8 Å². The fraction of sp³-hybridized carbons (Fsp3) is 0.465. The van der Waals surface area contributed by atoms with Crippen LogP contribution in [0.3, 0.4) is 0 Å². The summed E-state index contributed by atoms with van der Waals surface area (Å²) in [6, 6.07) is 13.9. The minimum Gasteiger partial charge on any atom is -0.497 e. The highest BCUT2D eigenvalue weighted by Gasteiger charge is 2.41. The Hall–Kier alpha value is -5.51. The average Bonchev–Trinajstić information content (AvgIpc) is 4.14. The van der Waals surface area contributed by atoms with Gasteiger partial charge in [0.25, 0.3) is 21.9 Å². The largest absolute Gasteiger partial charge is 0.497 e. The second-order valence-electron chi connectivity index (χ2n) is 15.3. The Balaban J connectivity index is 1.33. The maximum atomic E-state index is 15.2. The summed E-state index contributed by atoms with van der Waals surface area (Å²) in [6.07, 6.45) is -4.67. The summed E-state index contributed by atoms with van der Waals surface area (Å²) < 4.78 is 139. The van der Waals surface area contributed by atoms with Crippen molar-refractivity contribution in [3.8, 4) is 28.9 Å². The lowest BCUT2D eigenvalue weighted by Gasteiger charge is -2.37. The third-order valence-corrected chi connectivity index (χ3v) is 12.7. The van der Waals surface area contributed by atoms with Crippen LogP contribution in [0.15, 0.2) is 65.8 Å².